The topological polar surface area (TPSA) is 139 Å². The molecule has 1 aliphatic rings. The number of amides is 2. The number of ether oxygens (including phenoxy) is 1. The highest BCUT2D eigenvalue weighted by Gasteiger charge is 2.49. The van der Waals surface area contributed by atoms with Crippen LogP contribution in [0.4, 0.5) is 5.69 Å². The molecule has 9 nitrogen and oxygen atoms in total. The first-order valence-electron chi connectivity index (χ1n) is 10.4. The molecule has 0 radical (unpaired) electrons. The van der Waals surface area contributed by atoms with Crippen LogP contribution in [0.2, 0.25) is 0 Å². The minimum Gasteiger partial charge on any atom is -0.453 e. The summed E-state index contributed by atoms with van der Waals surface area (Å²) in [7, 11) is -3.62. The van der Waals surface area contributed by atoms with Crippen molar-refractivity contribution in [2.24, 2.45) is 0 Å². The van der Waals surface area contributed by atoms with Crippen LogP contribution in [0.5, 0.6) is 0 Å². The molecule has 1 saturated heterocycles. The predicted molar refractivity (Wildman–Crippen MR) is 123 cm³/mol. The molecule has 0 spiro atoms. The maximum atomic E-state index is 13.1. The Labute approximate surface area is 196 Å². The third-order valence-corrected chi connectivity index (χ3v) is 9.64. The summed E-state index contributed by atoms with van der Waals surface area (Å²) in [6.45, 7) is 2.70. The molecular weight excluding hydrogens is 468 g/mol. The van der Waals surface area contributed by atoms with Crippen LogP contribution in [-0.4, -0.2) is 43.3 Å². The smallest absolute Gasteiger partial charge is 0.303 e. The van der Waals surface area contributed by atoms with E-state index in [2.05, 4.69) is 5.32 Å². The number of carbonyl (C=O) groups excluding carboxylic acids is 3. The average Bonchev–Trinajstić information content (AvgIpc) is 3.25. The molecule has 2 aromatic rings. The van der Waals surface area contributed by atoms with Crippen molar-refractivity contribution in [1.82, 2.24) is 5.48 Å². The molecule has 1 aromatic heterocycles. The minimum absolute atomic E-state index is 0.0129. The van der Waals surface area contributed by atoms with Crippen molar-refractivity contribution in [3.8, 4) is 10.4 Å². The lowest BCUT2D eigenvalue weighted by molar-refractivity contribution is -0.150. The van der Waals surface area contributed by atoms with Crippen LogP contribution in [0, 0.1) is 0 Å². The zero-order valence-corrected chi connectivity index (χ0v) is 19.9. The monoisotopic (exact) mass is 494 g/mol. The van der Waals surface area contributed by atoms with E-state index in [1.807, 2.05) is 6.07 Å². The maximum absolute atomic E-state index is 13.1. The van der Waals surface area contributed by atoms with Crippen LogP contribution < -0.4 is 10.8 Å². The second-order valence-electron chi connectivity index (χ2n) is 7.97. The second-order valence-corrected chi connectivity index (χ2v) is 11.5. The number of hydrogen-bond acceptors (Lipinski definition) is 8. The zero-order valence-electron chi connectivity index (χ0n) is 18.3. The largest absolute Gasteiger partial charge is 0.453 e. The molecule has 1 aromatic carbocycles. The molecule has 11 heteroatoms. The van der Waals surface area contributed by atoms with Gasteiger partial charge in [0.25, 0.3) is 5.91 Å². The van der Waals surface area contributed by atoms with E-state index >= 15 is 0 Å². The van der Waals surface area contributed by atoms with Crippen molar-refractivity contribution in [2.45, 2.75) is 50.4 Å². The fourth-order valence-corrected chi connectivity index (χ4v) is 7.72. The number of hydroxylamine groups is 1. The molecule has 0 saturated carbocycles. The molecule has 3 rings (SSSR count). The van der Waals surface area contributed by atoms with Crippen LogP contribution in [0.25, 0.3) is 10.4 Å². The number of esters is 1. The lowest BCUT2D eigenvalue weighted by Crippen LogP contribution is -2.43. The van der Waals surface area contributed by atoms with E-state index in [0.29, 0.717) is 29.8 Å². The molecular formula is C22H26N2O7S2. The summed E-state index contributed by atoms with van der Waals surface area (Å²) in [6.07, 6.45) is 0.195. The van der Waals surface area contributed by atoms with E-state index in [9.17, 15) is 22.8 Å². The third kappa shape index (κ3) is 5.43. The number of sulfone groups is 1. The minimum atomic E-state index is -3.62. The summed E-state index contributed by atoms with van der Waals surface area (Å²) < 4.78 is 29.7. The highest BCUT2D eigenvalue weighted by molar-refractivity contribution is 7.92. The number of hydrogen-bond donors (Lipinski definition) is 3. The van der Waals surface area contributed by atoms with E-state index in [4.69, 9.17) is 9.94 Å². The highest BCUT2D eigenvalue weighted by Crippen LogP contribution is 2.47. The van der Waals surface area contributed by atoms with E-state index in [-0.39, 0.29) is 12.2 Å². The van der Waals surface area contributed by atoms with Gasteiger partial charge in [-0.2, -0.15) is 0 Å². The number of nitrogens with one attached hydrogen (secondary N) is 2. The van der Waals surface area contributed by atoms with E-state index in [1.165, 1.54) is 25.2 Å². The number of thiophene rings is 1. The Morgan fingerprint density at radius 3 is 2.64 bits per heavy atom. The van der Waals surface area contributed by atoms with Crippen LogP contribution in [-0.2, 0) is 33.7 Å². The van der Waals surface area contributed by atoms with Crippen molar-refractivity contribution >= 4 is 44.6 Å². The molecule has 2 heterocycles. The molecule has 2 atom stereocenters. The summed E-state index contributed by atoms with van der Waals surface area (Å²) in [6, 6.07) is 10.5. The first kappa shape index (κ1) is 24.9. The van der Waals surface area contributed by atoms with Gasteiger partial charge in [0.2, 0.25) is 5.91 Å². The van der Waals surface area contributed by atoms with Crippen molar-refractivity contribution in [3.63, 3.8) is 0 Å². The normalized spacial score (nSPS) is 20.5. The van der Waals surface area contributed by atoms with Gasteiger partial charge in [0, 0.05) is 22.4 Å². The Kier molecular flexibility index (Phi) is 7.55. The van der Waals surface area contributed by atoms with Crippen LogP contribution in [0.1, 0.15) is 44.4 Å². The molecule has 3 N–H and O–H groups in total. The molecule has 33 heavy (non-hydrogen) atoms. The molecule has 0 aliphatic carbocycles. The Bertz CT molecular complexity index is 1160. The van der Waals surface area contributed by atoms with Crippen LogP contribution in [0.3, 0.4) is 0 Å². The predicted octanol–water partition coefficient (Wildman–Crippen LogP) is 2.99. The zero-order chi connectivity index (χ0) is 24.2. The van der Waals surface area contributed by atoms with Gasteiger partial charge in [0.1, 0.15) is 4.75 Å². The Morgan fingerprint density at radius 1 is 1.21 bits per heavy atom. The van der Waals surface area contributed by atoms with Crippen molar-refractivity contribution in [2.75, 3.05) is 11.1 Å². The second kappa shape index (κ2) is 10.0. The molecule has 0 unspecified atom stereocenters. The van der Waals surface area contributed by atoms with Gasteiger partial charge >= 0.3 is 5.97 Å². The summed E-state index contributed by atoms with van der Waals surface area (Å²) in [5.41, 5.74) is 2.80. The Morgan fingerprint density at radius 2 is 1.97 bits per heavy atom. The summed E-state index contributed by atoms with van der Waals surface area (Å²) in [5, 5.41) is 11.7. The first-order valence-corrected chi connectivity index (χ1v) is 12.9. The van der Waals surface area contributed by atoms with Crippen molar-refractivity contribution in [1.29, 1.82) is 0 Å². The van der Waals surface area contributed by atoms with E-state index in [0.717, 1.165) is 10.4 Å². The molecule has 0 bridgehead atoms. The highest BCUT2D eigenvalue weighted by atomic mass is 32.2. The van der Waals surface area contributed by atoms with Gasteiger partial charge < -0.3 is 10.1 Å². The number of rotatable bonds is 7. The first-order chi connectivity index (χ1) is 15.6. The van der Waals surface area contributed by atoms with Crippen molar-refractivity contribution in [3.05, 3.63) is 41.3 Å². The average molecular weight is 495 g/mol. The third-order valence-electron chi connectivity index (χ3n) is 5.59. The van der Waals surface area contributed by atoms with Gasteiger partial charge in [-0.15, -0.1) is 11.3 Å². The lowest BCUT2D eigenvalue weighted by atomic mass is 9.94. The summed E-state index contributed by atoms with van der Waals surface area (Å²) in [4.78, 5) is 36.6. The lowest BCUT2D eigenvalue weighted by Gasteiger charge is -2.35. The molecule has 2 amide bonds. The fraction of sp³-hybridized carbons (Fsp3) is 0.409. The summed E-state index contributed by atoms with van der Waals surface area (Å²) >= 11 is 1.27. The van der Waals surface area contributed by atoms with E-state index in [1.54, 1.807) is 35.8 Å². The van der Waals surface area contributed by atoms with Gasteiger partial charge in [-0.3, -0.25) is 19.6 Å². The van der Waals surface area contributed by atoms with E-state index < -0.39 is 38.5 Å². The Balaban J connectivity index is 1.90. The van der Waals surface area contributed by atoms with Gasteiger partial charge in [0.15, 0.2) is 15.9 Å². The van der Waals surface area contributed by atoms with Gasteiger partial charge in [0.05, 0.1) is 12.2 Å². The molecule has 1 fully saturated rings. The van der Waals surface area contributed by atoms with Gasteiger partial charge in [-0.25, -0.2) is 13.9 Å². The SMILES string of the molecule is CC(=O)O[C@@H](C)C(=O)Nc1cccc(-c2ccc([C@@]3(CC(=O)NO)CCCCS3(=O)=O)s2)c1. The standard InChI is InChI=1S/C22H26N2O7S2/c1-14(31-15(2)25)21(27)23-17-7-5-6-16(12-17)18-8-9-19(32-18)22(13-20(26)24-28)10-3-4-11-33(22,29)30/h5-9,12,14,28H,3-4,10-11,13H2,1-2H3,(H,23,27)(H,24,26)/t14-,22-/m0/s1. The Hall–Kier alpha value is -2.76. The van der Waals surface area contributed by atoms with Crippen LogP contribution in [0.15, 0.2) is 36.4 Å². The number of anilines is 1. The molecule has 178 valence electrons. The summed E-state index contributed by atoms with van der Waals surface area (Å²) in [5.74, 6) is -1.79. The quantitative estimate of drug-likeness (QED) is 0.305. The van der Waals surface area contributed by atoms with Crippen molar-refractivity contribution < 1.29 is 32.7 Å². The number of benzene rings is 1. The number of carbonyl (C=O) groups is 3. The van der Waals surface area contributed by atoms with Gasteiger partial charge in [-0.05, 0) is 49.6 Å². The maximum Gasteiger partial charge on any atom is 0.303 e. The fourth-order valence-electron chi connectivity index (χ4n) is 3.95. The molecule has 1 aliphatic heterocycles. The van der Waals surface area contributed by atoms with Crippen LogP contribution >= 0.6 is 11.3 Å². The van der Waals surface area contributed by atoms with Gasteiger partial charge in [-0.1, -0.05) is 18.6 Å².